The second-order valence-electron chi connectivity index (χ2n) is 18.9. The summed E-state index contributed by atoms with van der Waals surface area (Å²) < 4.78 is 22.6. The Kier molecular flexibility index (Phi) is 12.8. The van der Waals surface area contributed by atoms with Gasteiger partial charge >= 0.3 is 0 Å². The Morgan fingerprint density at radius 2 is 1.25 bits per heavy atom. The van der Waals surface area contributed by atoms with Crippen LogP contribution in [0.3, 0.4) is 0 Å². The molecule has 11 rings (SSSR count). The molecular formula is C60H49FIrN4OSi-2. The van der Waals surface area contributed by atoms with E-state index in [1.54, 1.807) is 12.1 Å². The maximum Gasteiger partial charge on any atom is 0.216 e. The Balaban J connectivity index is 0.000000289. The molecule has 0 fully saturated rings. The number of rotatable bonds is 7. The normalized spacial score (nSPS) is 11.6. The van der Waals surface area contributed by atoms with E-state index >= 15 is 0 Å². The maximum absolute atomic E-state index is 13.7. The third kappa shape index (κ3) is 9.15. The van der Waals surface area contributed by atoms with Crippen LogP contribution in [0.5, 0.6) is 0 Å². The van der Waals surface area contributed by atoms with E-state index in [1.807, 2.05) is 60.8 Å². The van der Waals surface area contributed by atoms with E-state index in [9.17, 15) is 4.39 Å². The number of nitrogens with zero attached hydrogens (tertiary/aromatic N) is 4. The van der Waals surface area contributed by atoms with Crippen molar-refractivity contribution in [2.75, 3.05) is 0 Å². The topological polar surface area (TPSA) is 56.7 Å². The van der Waals surface area contributed by atoms with E-state index in [-0.39, 0.29) is 31.3 Å². The molecule has 5 nitrogen and oxygen atoms in total. The molecule has 11 aromatic rings. The van der Waals surface area contributed by atoms with Crippen LogP contribution in [0.1, 0.15) is 26.3 Å². The number of hydrogen-bond donors (Lipinski definition) is 0. The largest absolute Gasteiger partial charge is 0.486 e. The summed E-state index contributed by atoms with van der Waals surface area (Å²) >= 11 is 0. The smallest absolute Gasteiger partial charge is 0.216 e. The zero-order valence-corrected chi connectivity index (χ0v) is 42.2. The van der Waals surface area contributed by atoms with Gasteiger partial charge in [-0.05, 0) is 93.6 Å². The molecule has 0 amide bonds. The van der Waals surface area contributed by atoms with Crippen LogP contribution in [0.25, 0.3) is 94.9 Å². The molecule has 0 spiro atoms. The summed E-state index contributed by atoms with van der Waals surface area (Å²) in [6.07, 6.45) is 2.02. The van der Waals surface area contributed by atoms with Crippen LogP contribution < -0.4 is 5.19 Å². The van der Waals surface area contributed by atoms with Crippen LogP contribution in [0.15, 0.2) is 193 Å². The van der Waals surface area contributed by atoms with Crippen molar-refractivity contribution in [2.45, 2.75) is 45.8 Å². The number of pyridine rings is 2. The van der Waals surface area contributed by atoms with Crippen LogP contribution in [-0.2, 0) is 25.5 Å². The molecule has 0 aliphatic rings. The predicted molar refractivity (Wildman–Crippen MR) is 277 cm³/mol. The number of imidazole rings is 1. The molecule has 7 aromatic carbocycles. The van der Waals surface area contributed by atoms with Crippen LogP contribution >= 0.6 is 0 Å². The maximum atomic E-state index is 13.7. The zero-order chi connectivity index (χ0) is 46.3. The van der Waals surface area contributed by atoms with Crippen molar-refractivity contribution in [1.29, 1.82) is 0 Å². The molecule has 0 saturated carbocycles. The van der Waals surface area contributed by atoms with Crippen molar-refractivity contribution in [1.82, 2.24) is 19.5 Å². The molecular weight excluding hydrogens is 1030 g/mol. The Bertz CT molecular complexity index is 3460. The van der Waals surface area contributed by atoms with Gasteiger partial charge in [0.05, 0.1) is 41.9 Å². The van der Waals surface area contributed by atoms with Gasteiger partial charge in [0.15, 0.2) is 0 Å². The zero-order valence-electron chi connectivity index (χ0n) is 38.8. The predicted octanol–water partition coefficient (Wildman–Crippen LogP) is 15.3. The van der Waals surface area contributed by atoms with Crippen molar-refractivity contribution < 1.29 is 28.9 Å². The minimum absolute atomic E-state index is 0. The fourth-order valence-corrected chi connectivity index (χ4v) is 9.56. The van der Waals surface area contributed by atoms with Crippen LogP contribution in [-0.4, -0.2) is 27.6 Å². The molecule has 8 heteroatoms. The molecule has 0 N–H and O–H groups in total. The van der Waals surface area contributed by atoms with Crippen molar-refractivity contribution in [3.63, 3.8) is 0 Å². The fourth-order valence-electron chi connectivity index (χ4n) is 8.52. The van der Waals surface area contributed by atoms with Gasteiger partial charge in [0.2, 0.25) is 5.71 Å². The van der Waals surface area contributed by atoms with Crippen LogP contribution in [0.4, 0.5) is 4.39 Å². The summed E-state index contributed by atoms with van der Waals surface area (Å²) in [6.45, 7) is 13.8. The molecule has 0 unspecified atom stereocenters. The number of benzene rings is 7. The van der Waals surface area contributed by atoms with Gasteiger partial charge in [0, 0.05) is 48.4 Å². The Hall–Kier alpha value is -7.09. The van der Waals surface area contributed by atoms with Crippen LogP contribution in [0, 0.1) is 17.9 Å². The molecule has 337 valence electrons. The molecule has 1 radical (unpaired) electrons. The van der Waals surface area contributed by atoms with E-state index in [0.717, 1.165) is 78.0 Å². The van der Waals surface area contributed by atoms with Gasteiger partial charge in [0.1, 0.15) is 5.82 Å². The molecule has 0 atom stereocenters. The summed E-state index contributed by atoms with van der Waals surface area (Å²) in [5.41, 5.74) is 13.9. The standard InChI is InChI=1S/C46H33FN3O.C14H16NSi.Ir/c1-46(2,3)32-27-37(29-13-6-4-7-14-29)42(38(28-32)30-15-8-5-9-16-30)50-41-20-11-10-19-40(41)48-44(50)36-18-12-17-34-35-25-26-39(49-45(35)51-43(34)36)31-21-23-33(47)24-22-31;1-16(2,3)13-9-10-14(15-11-13)12-7-5-4-6-8-12;/h4-17,19-28H,1-3H3;4-7,9-11H,1-3H3;/q2*-1;. The van der Waals surface area contributed by atoms with Crippen molar-refractivity contribution in [3.05, 3.63) is 212 Å². The number of furan rings is 1. The molecule has 4 aromatic heterocycles. The third-order valence-electron chi connectivity index (χ3n) is 12.2. The van der Waals surface area contributed by atoms with Crippen molar-refractivity contribution in [2.24, 2.45) is 0 Å². The van der Waals surface area contributed by atoms with Gasteiger partial charge in [-0.15, -0.1) is 54.1 Å². The first-order chi connectivity index (χ1) is 32.4. The SMILES string of the molecule is CC(C)(C)c1cc(-c2ccccc2)c(-n2c(-c3[c-]ccc4c3oc3nc(-c5ccc(F)cc5)ccc34)nc3ccccc32)c(-c2ccccc2)c1.C[Si](C)(C)c1ccc(-c2[c-]cccc2)nc1.[Ir]. The summed E-state index contributed by atoms with van der Waals surface area (Å²) in [5, 5.41) is 3.20. The fraction of sp³-hybridized carbons (Fsp3) is 0.117. The Labute approximate surface area is 411 Å². The Morgan fingerprint density at radius 1 is 0.603 bits per heavy atom. The van der Waals surface area contributed by atoms with Crippen molar-refractivity contribution in [3.8, 4) is 61.8 Å². The van der Waals surface area contributed by atoms with E-state index in [1.165, 1.54) is 22.9 Å². The van der Waals surface area contributed by atoms with E-state index in [4.69, 9.17) is 14.4 Å². The summed E-state index contributed by atoms with van der Waals surface area (Å²) in [7, 11) is -1.23. The average Bonchev–Trinajstić information content (AvgIpc) is 3.93. The first kappa shape index (κ1) is 46.0. The van der Waals surface area contributed by atoms with Crippen LogP contribution in [0.2, 0.25) is 19.6 Å². The molecule has 4 heterocycles. The van der Waals surface area contributed by atoms with E-state index in [2.05, 4.69) is 165 Å². The van der Waals surface area contributed by atoms with Gasteiger partial charge < -0.3 is 14.0 Å². The molecule has 0 aliphatic carbocycles. The number of aromatic nitrogens is 4. The first-order valence-corrected chi connectivity index (χ1v) is 26.1. The Morgan fingerprint density at radius 3 is 1.87 bits per heavy atom. The summed E-state index contributed by atoms with van der Waals surface area (Å²) in [5.74, 6) is 0.433. The number of fused-ring (bicyclic) bond motifs is 4. The average molecular weight is 1080 g/mol. The number of hydrogen-bond acceptors (Lipinski definition) is 4. The van der Waals surface area contributed by atoms with E-state index in [0.29, 0.717) is 17.0 Å². The molecule has 0 aliphatic heterocycles. The summed E-state index contributed by atoms with van der Waals surface area (Å²) in [4.78, 5) is 14.7. The minimum atomic E-state index is -1.23. The minimum Gasteiger partial charge on any atom is -0.486 e. The first-order valence-electron chi connectivity index (χ1n) is 22.6. The van der Waals surface area contributed by atoms with Gasteiger partial charge in [-0.2, -0.15) is 0 Å². The van der Waals surface area contributed by atoms with E-state index < -0.39 is 8.07 Å². The monoisotopic (exact) mass is 1080 g/mol. The molecule has 0 bridgehead atoms. The van der Waals surface area contributed by atoms with Gasteiger partial charge in [-0.1, -0.05) is 136 Å². The second-order valence-corrected chi connectivity index (χ2v) is 24.0. The molecule has 68 heavy (non-hydrogen) atoms. The quantitative estimate of drug-likeness (QED) is 0.118. The third-order valence-corrected chi connectivity index (χ3v) is 14.2. The molecule has 0 saturated heterocycles. The van der Waals surface area contributed by atoms with Gasteiger partial charge in [0.25, 0.3) is 0 Å². The number of para-hydroxylation sites is 2. The number of halogens is 1. The van der Waals surface area contributed by atoms with Gasteiger partial charge in [-0.25, -0.2) is 9.37 Å². The van der Waals surface area contributed by atoms with Crippen molar-refractivity contribution >= 4 is 46.4 Å². The van der Waals surface area contributed by atoms with Gasteiger partial charge in [-0.3, -0.25) is 4.98 Å². The second kappa shape index (κ2) is 18.9. The summed E-state index contributed by atoms with van der Waals surface area (Å²) in [6, 6.07) is 67.3.